The minimum atomic E-state index is -0.0289. The van der Waals surface area contributed by atoms with Crippen LogP contribution < -0.4 is 0 Å². The second-order valence-electron chi connectivity index (χ2n) is 13.2. The highest BCUT2D eigenvalue weighted by Gasteiger charge is 2.18. The van der Waals surface area contributed by atoms with E-state index < -0.39 is 0 Å². The van der Waals surface area contributed by atoms with Gasteiger partial charge in [0.2, 0.25) is 0 Å². The largest absolute Gasteiger partial charge is 0.507 e. The Balaban J connectivity index is 2.06. The average molecular weight is 607 g/mol. The highest BCUT2D eigenvalue weighted by atomic mass is 16.3. The number of aldehydes is 3. The van der Waals surface area contributed by atoms with Crippen molar-refractivity contribution in [3.05, 3.63) is 88.0 Å². The summed E-state index contributed by atoms with van der Waals surface area (Å²) in [4.78, 5) is 36.0. The maximum absolute atomic E-state index is 12.0. The van der Waals surface area contributed by atoms with Crippen LogP contribution in [-0.4, -0.2) is 34.2 Å². The molecule has 6 nitrogen and oxygen atoms in total. The van der Waals surface area contributed by atoms with E-state index >= 15 is 0 Å². The van der Waals surface area contributed by atoms with Crippen molar-refractivity contribution >= 4 is 18.9 Å². The highest BCUT2D eigenvalue weighted by Crippen LogP contribution is 2.39. The monoisotopic (exact) mass is 606 g/mol. The van der Waals surface area contributed by atoms with Crippen molar-refractivity contribution in [3.8, 4) is 50.6 Å². The van der Waals surface area contributed by atoms with Crippen LogP contribution in [0.1, 0.15) is 89.3 Å². The summed E-state index contributed by atoms with van der Waals surface area (Å²) in [6.45, 7) is 12.2. The fraction of sp³-hybridized carbons (Fsp3) is 0.308. The van der Waals surface area contributed by atoms with E-state index in [1.165, 1.54) is 0 Å². The minimum absolute atomic E-state index is 0.0289. The van der Waals surface area contributed by atoms with Crippen molar-refractivity contribution < 1.29 is 29.7 Å². The molecule has 0 aliphatic rings. The molecule has 0 radical (unpaired) electrons. The fourth-order valence-corrected chi connectivity index (χ4v) is 5.84. The van der Waals surface area contributed by atoms with Crippen molar-refractivity contribution in [3.63, 3.8) is 0 Å². The second-order valence-corrected chi connectivity index (χ2v) is 13.2. The Kier molecular flexibility index (Phi) is 10.3. The van der Waals surface area contributed by atoms with Crippen molar-refractivity contribution in [1.29, 1.82) is 0 Å². The quantitative estimate of drug-likeness (QED) is 0.139. The summed E-state index contributed by atoms with van der Waals surface area (Å²) in [7, 11) is 0. The summed E-state index contributed by atoms with van der Waals surface area (Å²) in [6.07, 6.45) is 3.67. The summed E-state index contributed by atoms with van der Waals surface area (Å²) >= 11 is 0. The summed E-state index contributed by atoms with van der Waals surface area (Å²) < 4.78 is 0. The van der Waals surface area contributed by atoms with Crippen LogP contribution in [0.5, 0.6) is 17.2 Å². The van der Waals surface area contributed by atoms with Gasteiger partial charge in [0.1, 0.15) is 17.2 Å². The van der Waals surface area contributed by atoms with Crippen molar-refractivity contribution in [2.24, 2.45) is 17.8 Å². The van der Waals surface area contributed by atoms with Crippen LogP contribution >= 0.6 is 0 Å². The van der Waals surface area contributed by atoms with Gasteiger partial charge in [-0.05, 0) is 142 Å². The second kappa shape index (κ2) is 13.9. The van der Waals surface area contributed by atoms with Gasteiger partial charge in [-0.25, -0.2) is 0 Å². The Bertz CT molecular complexity index is 1530. The Morgan fingerprint density at radius 1 is 0.422 bits per heavy atom. The molecule has 4 aromatic rings. The van der Waals surface area contributed by atoms with Crippen LogP contribution in [0.25, 0.3) is 33.4 Å². The summed E-state index contributed by atoms with van der Waals surface area (Å²) in [5.74, 6) is 0.632. The third-order valence-corrected chi connectivity index (χ3v) is 7.85. The van der Waals surface area contributed by atoms with Crippen LogP contribution in [0.4, 0.5) is 0 Å². The van der Waals surface area contributed by atoms with E-state index in [9.17, 15) is 29.7 Å². The zero-order chi connectivity index (χ0) is 33.0. The molecule has 0 unspecified atom stereocenters. The van der Waals surface area contributed by atoms with E-state index in [0.717, 1.165) is 33.4 Å². The summed E-state index contributed by atoms with van der Waals surface area (Å²) in [5.41, 5.74) is 7.00. The molecule has 234 valence electrons. The number of carbonyl (C=O) groups is 3. The molecule has 0 saturated carbocycles. The van der Waals surface area contributed by atoms with E-state index in [1.54, 1.807) is 18.2 Å². The Labute approximate surface area is 265 Å². The van der Waals surface area contributed by atoms with Gasteiger partial charge in [0.05, 0.1) is 16.7 Å². The minimum Gasteiger partial charge on any atom is -0.507 e. The lowest BCUT2D eigenvalue weighted by molar-refractivity contribution is 0.111. The molecule has 0 spiro atoms. The molecule has 45 heavy (non-hydrogen) atoms. The fourth-order valence-electron chi connectivity index (χ4n) is 5.84. The standard InChI is InChI=1S/C39H42O6/c1-22(2)7-31-13-28(16-34(19-40)37(31)43)25-10-26(29-14-32(8-23(3)4)38(44)35(17-29)20-41)12-27(11-25)30-15-33(9-24(5)6)39(45)36(18-30)21-42/h10-24,43-45H,7-9H2,1-6H3. The molecule has 0 fully saturated rings. The topological polar surface area (TPSA) is 112 Å². The number of phenols is 3. The Morgan fingerprint density at radius 2 is 0.644 bits per heavy atom. The predicted octanol–water partition coefficient (Wildman–Crippen LogP) is 8.84. The zero-order valence-corrected chi connectivity index (χ0v) is 26.8. The molecule has 0 aliphatic heterocycles. The van der Waals surface area contributed by atoms with E-state index in [4.69, 9.17) is 0 Å². The van der Waals surface area contributed by atoms with Crippen molar-refractivity contribution in [2.45, 2.75) is 60.8 Å². The first-order valence-corrected chi connectivity index (χ1v) is 15.4. The van der Waals surface area contributed by atoms with Gasteiger partial charge in [0, 0.05) is 0 Å². The lowest BCUT2D eigenvalue weighted by atomic mass is 9.88. The van der Waals surface area contributed by atoms with Crippen LogP contribution in [0, 0.1) is 17.8 Å². The molecule has 4 rings (SSSR count). The Hall–Kier alpha value is -4.71. The maximum Gasteiger partial charge on any atom is 0.153 e. The van der Waals surface area contributed by atoms with Gasteiger partial charge in [-0.3, -0.25) is 14.4 Å². The van der Waals surface area contributed by atoms with E-state index in [2.05, 4.69) is 0 Å². The molecule has 0 saturated heterocycles. The third-order valence-electron chi connectivity index (χ3n) is 7.85. The van der Waals surface area contributed by atoms with Crippen LogP contribution in [0.3, 0.4) is 0 Å². The van der Waals surface area contributed by atoms with Gasteiger partial charge in [0.15, 0.2) is 18.9 Å². The molecule has 4 aromatic carbocycles. The number of phenolic OH excluding ortho intramolecular Hbond substituents is 3. The van der Waals surface area contributed by atoms with Gasteiger partial charge in [-0.15, -0.1) is 0 Å². The molecule has 6 heteroatoms. The molecule has 0 heterocycles. The van der Waals surface area contributed by atoms with Gasteiger partial charge in [0.25, 0.3) is 0 Å². The van der Waals surface area contributed by atoms with Gasteiger partial charge >= 0.3 is 0 Å². The lowest BCUT2D eigenvalue weighted by Gasteiger charge is -2.17. The van der Waals surface area contributed by atoms with Crippen LogP contribution in [0.2, 0.25) is 0 Å². The number of hydrogen-bond donors (Lipinski definition) is 3. The van der Waals surface area contributed by atoms with E-state index in [-0.39, 0.29) is 51.7 Å². The molecule has 0 atom stereocenters. The van der Waals surface area contributed by atoms with E-state index in [0.29, 0.717) is 54.8 Å². The molecule has 3 N–H and O–H groups in total. The number of carbonyl (C=O) groups excluding carboxylic acids is 3. The van der Waals surface area contributed by atoms with Crippen LogP contribution in [0.15, 0.2) is 54.6 Å². The SMILES string of the molecule is CC(C)Cc1cc(-c2cc(-c3cc(C=O)c(O)c(CC(C)C)c3)cc(-c3cc(C=O)c(O)c(CC(C)C)c3)c2)cc(C=O)c1O. The molecule has 0 aromatic heterocycles. The third kappa shape index (κ3) is 7.51. The zero-order valence-electron chi connectivity index (χ0n) is 26.8. The number of benzene rings is 4. The Morgan fingerprint density at radius 3 is 0.844 bits per heavy atom. The maximum atomic E-state index is 12.0. The summed E-state index contributed by atoms with van der Waals surface area (Å²) in [5, 5.41) is 32.4. The van der Waals surface area contributed by atoms with E-state index in [1.807, 2.05) is 77.9 Å². The van der Waals surface area contributed by atoms with Gasteiger partial charge in [-0.2, -0.15) is 0 Å². The predicted molar refractivity (Wildman–Crippen MR) is 180 cm³/mol. The molecule has 0 bridgehead atoms. The normalized spacial score (nSPS) is 11.4. The number of hydrogen-bond acceptors (Lipinski definition) is 6. The number of aromatic hydroxyl groups is 3. The van der Waals surface area contributed by atoms with Gasteiger partial charge in [-0.1, -0.05) is 41.5 Å². The average Bonchev–Trinajstić information content (AvgIpc) is 2.99. The highest BCUT2D eigenvalue weighted by molar-refractivity contribution is 5.90. The first kappa shape index (κ1) is 33.2. The first-order valence-electron chi connectivity index (χ1n) is 15.4. The smallest absolute Gasteiger partial charge is 0.153 e. The van der Waals surface area contributed by atoms with Gasteiger partial charge < -0.3 is 15.3 Å². The molecule has 0 amide bonds. The lowest BCUT2D eigenvalue weighted by Crippen LogP contribution is -2.00. The summed E-state index contributed by atoms with van der Waals surface area (Å²) in [6, 6.07) is 16.5. The first-order chi connectivity index (χ1) is 21.3. The molecular weight excluding hydrogens is 564 g/mol. The van der Waals surface area contributed by atoms with Crippen molar-refractivity contribution in [2.75, 3.05) is 0 Å². The molecule has 0 aliphatic carbocycles. The van der Waals surface area contributed by atoms with Crippen LogP contribution in [-0.2, 0) is 19.3 Å². The number of rotatable bonds is 12. The van der Waals surface area contributed by atoms with Crippen molar-refractivity contribution in [1.82, 2.24) is 0 Å². The molecular formula is C39H42O6.